The molecule has 2 aliphatic rings. The number of esters is 2. The number of hydrogen-bond acceptors (Lipinski definition) is 6. The summed E-state index contributed by atoms with van der Waals surface area (Å²) in [6, 6.07) is 4.88. The van der Waals surface area contributed by atoms with Crippen LogP contribution in [0.2, 0.25) is 0 Å². The number of benzene rings is 1. The SMILES string of the molecule is CCC1=C(C(=O)OCC2CCCCC2)C(c2ccc(OC(=O)C(C)N)cc2)NC(=O)N1.Cl. The van der Waals surface area contributed by atoms with Crippen LogP contribution < -0.4 is 21.1 Å². The molecule has 32 heavy (non-hydrogen) atoms. The molecule has 8 nitrogen and oxygen atoms in total. The molecule has 1 aromatic carbocycles. The third-order valence-electron chi connectivity index (χ3n) is 5.71. The summed E-state index contributed by atoms with van der Waals surface area (Å²) in [7, 11) is 0. The Hall–Kier alpha value is -2.58. The molecule has 1 aliphatic heterocycles. The van der Waals surface area contributed by atoms with Crippen LogP contribution in [0.1, 0.15) is 64.0 Å². The zero-order chi connectivity index (χ0) is 22.4. The van der Waals surface area contributed by atoms with Crippen LogP contribution in [0.3, 0.4) is 0 Å². The Bertz CT molecular complexity index is 848. The van der Waals surface area contributed by atoms with Crippen molar-refractivity contribution in [3.63, 3.8) is 0 Å². The molecule has 0 bridgehead atoms. The highest BCUT2D eigenvalue weighted by atomic mass is 35.5. The molecule has 4 N–H and O–H groups in total. The topological polar surface area (TPSA) is 120 Å². The highest BCUT2D eigenvalue weighted by molar-refractivity contribution is 5.95. The van der Waals surface area contributed by atoms with Crippen LogP contribution in [0.4, 0.5) is 4.79 Å². The van der Waals surface area contributed by atoms with E-state index in [2.05, 4.69) is 10.6 Å². The summed E-state index contributed by atoms with van der Waals surface area (Å²) < 4.78 is 10.9. The summed E-state index contributed by atoms with van der Waals surface area (Å²) >= 11 is 0. The number of urea groups is 1. The van der Waals surface area contributed by atoms with Crippen molar-refractivity contribution < 1.29 is 23.9 Å². The van der Waals surface area contributed by atoms with Gasteiger partial charge in [-0.15, -0.1) is 12.4 Å². The van der Waals surface area contributed by atoms with Crippen LogP contribution in [0.5, 0.6) is 5.75 Å². The normalized spacial score (nSPS) is 19.8. The molecule has 176 valence electrons. The average molecular weight is 466 g/mol. The smallest absolute Gasteiger partial charge is 0.338 e. The van der Waals surface area contributed by atoms with Crippen LogP contribution in [-0.2, 0) is 14.3 Å². The van der Waals surface area contributed by atoms with Gasteiger partial charge < -0.3 is 25.8 Å². The standard InChI is InChI=1S/C23H31N3O5.ClH/c1-3-18-19(22(28)30-13-15-7-5-4-6-8-15)20(26-23(29)25-18)16-9-11-17(12-10-16)31-21(27)14(2)24;/h9-12,14-15,20H,3-8,13,24H2,1-2H3,(H2,25,26,29);1H. The molecule has 0 spiro atoms. The fourth-order valence-electron chi connectivity index (χ4n) is 3.95. The Labute approximate surface area is 194 Å². The van der Waals surface area contributed by atoms with Crippen LogP contribution in [0.25, 0.3) is 0 Å². The summed E-state index contributed by atoms with van der Waals surface area (Å²) in [5.41, 5.74) is 7.16. The summed E-state index contributed by atoms with van der Waals surface area (Å²) in [6.45, 7) is 3.82. The lowest BCUT2D eigenvalue weighted by atomic mass is 9.90. The van der Waals surface area contributed by atoms with E-state index in [0.29, 0.717) is 41.5 Å². The van der Waals surface area contributed by atoms with E-state index in [-0.39, 0.29) is 18.4 Å². The molecule has 3 rings (SSSR count). The van der Waals surface area contributed by atoms with Gasteiger partial charge in [-0.25, -0.2) is 14.4 Å². The lowest BCUT2D eigenvalue weighted by molar-refractivity contribution is -0.141. The summed E-state index contributed by atoms with van der Waals surface area (Å²) in [5, 5.41) is 5.54. The van der Waals surface area contributed by atoms with Gasteiger partial charge >= 0.3 is 18.0 Å². The second-order valence-corrected chi connectivity index (χ2v) is 8.16. The number of carbonyl (C=O) groups excluding carboxylic acids is 3. The van der Waals surface area contributed by atoms with E-state index in [0.717, 1.165) is 12.8 Å². The Morgan fingerprint density at radius 3 is 2.41 bits per heavy atom. The van der Waals surface area contributed by atoms with E-state index in [4.69, 9.17) is 15.2 Å². The molecule has 1 heterocycles. The van der Waals surface area contributed by atoms with Gasteiger partial charge in [0.15, 0.2) is 0 Å². The quantitative estimate of drug-likeness (QED) is 0.418. The Morgan fingerprint density at radius 2 is 1.81 bits per heavy atom. The summed E-state index contributed by atoms with van der Waals surface area (Å²) in [5.74, 6) is -0.227. The van der Waals surface area contributed by atoms with Crippen molar-refractivity contribution in [2.45, 2.75) is 64.5 Å². The van der Waals surface area contributed by atoms with Crippen molar-refractivity contribution in [2.24, 2.45) is 11.7 Å². The third-order valence-corrected chi connectivity index (χ3v) is 5.71. The molecular formula is C23H32ClN3O5. The largest absolute Gasteiger partial charge is 0.462 e. The van der Waals surface area contributed by atoms with Gasteiger partial charge in [-0.1, -0.05) is 38.3 Å². The first kappa shape index (κ1) is 25.7. The number of hydrogen-bond donors (Lipinski definition) is 3. The average Bonchev–Trinajstić information content (AvgIpc) is 2.78. The summed E-state index contributed by atoms with van der Waals surface area (Å²) in [4.78, 5) is 36.9. The molecule has 0 saturated heterocycles. The molecule has 1 aromatic rings. The highest BCUT2D eigenvalue weighted by Crippen LogP contribution is 2.31. The van der Waals surface area contributed by atoms with Crippen molar-refractivity contribution in [1.82, 2.24) is 10.6 Å². The number of amides is 2. The second kappa shape index (κ2) is 11.9. The number of rotatable bonds is 7. The van der Waals surface area contributed by atoms with Gasteiger partial charge in [0.2, 0.25) is 0 Å². The molecule has 0 radical (unpaired) electrons. The molecule has 1 fully saturated rings. The molecule has 2 amide bonds. The number of carbonyl (C=O) groups is 3. The van der Waals surface area contributed by atoms with E-state index in [1.165, 1.54) is 19.3 Å². The van der Waals surface area contributed by atoms with E-state index < -0.39 is 24.0 Å². The fraction of sp³-hybridized carbons (Fsp3) is 0.522. The van der Waals surface area contributed by atoms with E-state index in [1.807, 2.05) is 6.92 Å². The van der Waals surface area contributed by atoms with E-state index >= 15 is 0 Å². The minimum absolute atomic E-state index is 0. The van der Waals surface area contributed by atoms with Crippen molar-refractivity contribution in [1.29, 1.82) is 0 Å². The highest BCUT2D eigenvalue weighted by Gasteiger charge is 2.33. The fourth-order valence-corrected chi connectivity index (χ4v) is 3.95. The number of halogens is 1. The number of nitrogens with one attached hydrogen (secondary N) is 2. The predicted octanol–water partition coefficient (Wildman–Crippen LogP) is 3.50. The first-order valence-electron chi connectivity index (χ1n) is 10.9. The van der Waals surface area contributed by atoms with Gasteiger partial charge in [0.05, 0.1) is 18.2 Å². The van der Waals surface area contributed by atoms with Crippen LogP contribution in [0, 0.1) is 5.92 Å². The molecular weight excluding hydrogens is 434 g/mol. The van der Waals surface area contributed by atoms with Gasteiger partial charge in [0.25, 0.3) is 0 Å². The van der Waals surface area contributed by atoms with Crippen molar-refractivity contribution in [3.8, 4) is 5.75 Å². The zero-order valence-electron chi connectivity index (χ0n) is 18.5. The number of allylic oxidation sites excluding steroid dienone is 1. The van der Waals surface area contributed by atoms with Crippen LogP contribution in [-0.4, -0.2) is 30.6 Å². The van der Waals surface area contributed by atoms with Gasteiger partial charge in [0, 0.05) is 5.70 Å². The molecule has 2 atom stereocenters. The van der Waals surface area contributed by atoms with Gasteiger partial charge in [0.1, 0.15) is 11.8 Å². The number of ether oxygens (including phenoxy) is 2. The molecule has 1 aliphatic carbocycles. The monoisotopic (exact) mass is 465 g/mol. The van der Waals surface area contributed by atoms with Gasteiger partial charge in [-0.05, 0) is 49.8 Å². The molecule has 9 heteroatoms. The maximum absolute atomic E-state index is 13.0. The predicted molar refractivity (Wildman–Crippen MR) is 122 cm³/mol. The van der Waals surface area contributed by atoms with Gasteiger partial charge in [-0.3, -0.25) is 0 Å². The zero-order valence-corrected chi connectivity index (χ0v) is 19.3. The first-order valence-corrected chi connectivity index (χ1v) is 10.9. The van der Waals surface area contributed by atoms with E-state index in [1.54, 1.807) is 31.2 Å². The minimum atomic E-state index is -0.732. The lowest BCUT2D eigenvalue weighted by Gasteiger charge is -2.30. The molecule has 1 saturated carbocycles. The van der Waals surface area contributed by atoms with Crippen LogP contribution >= 0.6 is 12.4 Å². The first-order chi connectivity index (χ1) is 14.9. The summed E-state index contributed by atoms with van der Waals surface area (Å²) in [6.07, 6.45) is 6.22. The van der Waals surface area contributed by atoms with Gasteiger partial charge in [-0.2, -0.15) is 0 Å². The Morgan fingerprint density at radius 1 is 1.16 bits per heavy atom. The molecule has 2 unspecified atom stereocenters. The Kier molecular flexibility index (Phi) is 9.53. The van der Waals surface area contributed by atoms with Crippen molar-refractivity contribution in [3.05, 3.63) is 41.1 Å². The minimum Gasteiger partial charge on any atom is -0.462 e. The third kappa shape index (κ3) is 6.46. The van der Waals surface area contributed by atoms with Crippen LogP contribution in [0.15, 0.2) is 35.5 Å². The maximum Gasteiger partial charge on any atom is 0.338 e. The number of nitrogens with two attached hydrogens (primary N) is 1. The lowest BCUT2D eigenvalue weighted by Crippen LogP contribution is -2.46. The van der Waals surface area contributed by atoms with Crippen molar-refractivity contribution >= 4 is 30.4 Å². The van der Waals surface area contributed by atoms with E-state index in [9.17, 15) is 14.4 Å². The molecule has 0 aromatic heterocycles. The second-order valence-electron chi connectivity index (χ2n) is 8.16. The maximum atomic E-state index is 13.0. The van der Waals surface area contributed by atoms with Crippen molar-refractivity contribution in [2.75, 3.05) is 6.61 Å². The Balaban J connectivity index is 0.00000363.